The van der Waals surface area contributed by atoms with Crippen LogP contribution in [0.5, 0.6) is 0 Å². The molecular formula is C13H9ClN4O3. The molecule has 21 heavy (non-hydrogen) atoms. The van der Waals surface area contributed by atoms with Crippen molar-refractivity contribution < 1.29 is 14.3 Å². The molecule has 3 aromatic rings. The Labute approximate surface area is 123 Å². The highest BCUT2D eigenvalue weighted by Gasteiger charge is 2.11. The van der Waals surface area contributed by atoms with E-state index in [1.807, 2.05) is 12.1 Å². The van der Waals surface area contributed by atoms with Crippen LogP contribution in [0.3, 0.4) is 0 Å². The normalized spacial score (nSPS) is 10.7. The zero-order valence-electron chi connectivity index (χ0n) is 10.6. The van der Waals surface area contributed by atoms with Crippen molar-refractivity contribution in [3.63, 3.8) is 0 Å². The molecule has 0 saturated heterocycles. The van der Waals surface area contributed by atoms with Crippen molar-refractivity contribution in [1.29, 1.82) is 0 Å². The molecule has 2 aromatic heterocycles. The van der Waals surface area contributed by atoms with Gasteiger partial charge in [0.15, 0.2) is 11.5 Å². The van der Waals surface area contributed by atoms with E-state index in [-0.39, 0.29) is 12.2 Å². The molecule has 0 radical (unpaired) electrons. The molecule has 0 spiro atoms. The van der Waals surface area contributed by atoms with E-state index in [9.17, 15) is 4.79 Å². The van der Waals surface area contributed by atoms with E-state index in [0.717, 1.165) is 5.56 Å². The first-order valence-corrected chi connectivity index (χ1v) is 6.34. The fourth-order valence-electron chi connectivity index (χ4n) is 1.77. The van der Waals surface area contributed by atoms with E-state index >= 15 is 0 Å². The van der Waals surface area contributed by atoms with Gasteiger partial charge in [0.05, 0.1) is 12.4 Å². The number of rotatable bonds is 4. The molecule has 0 aliphatic carbocycles. The Morgan fingerprint density at radius 2 is 2.29 bits per heavy atom. The largest absolute Gasteiger partial charge is 0.476 e. The van der Waals surface area contributed by atoms with Crippen LogP contribution in [0.2, 0.25) is 5.02 Å². The smallest absolute Gasteiger partial charge is 0.358 e. The van der Waals surface area contributed by atoms with Gasteiger partial charge in [-0.3, -0.25) is 0 Å². The molecule has 0 aliphatic rings. The highest BCUT2D eigenvalue weighted by molar-refractivity contribution is 6.30. The van der Waals surface area contributed by atoms with Gasteiger partial charge in [-0.05, 0) is 12.1 Å². The van der Waals surface area contributed by atoms with Crippen LogP contribution in [0, 0.1) is 0 Å². The molecule has 1 N–H and O–H groups in total. The minimum absolute atomic E-state index is 0.128. The van der Waals surface area contributed by atoms with E-state index in [0.29, 0.717) is 16.7 Å². The first kappa shape index (κ1) is 13.3. The summed E-state index contributed by atoms with van der Waals surface area (Å²) in [6.45, 7) is 0.195. The van der Waals surface area contributed by atoms with Gasteiger partial charge in [-0.1, -0.05) is 28.9 Å². The van der Waals surface area contributed by atoms with Crippen molar-refractivity contribution in [2.24, 2.45) is 0 Å². The summed E-state index contributed by atoms with van der Waals surface area (Å²) in [6, 6.07) is 7.21. The van der Waals surface area contributed by atoms with Crippen LogP contribution >= 0.6 is 11.6 Å². The molecule has 0 amide bonds. The maximum atomic E-state index is 10.7. The molecule has 0 fully saturated rings. The predicted molar refractivity (Wildman–Crippen MR) is 73.0 cm³/mol. The van der Waals surface area contributed by atoms with Crippen molar-refractivity contribution >= 4 is 17.6 Å². The average Bonchev–Trinajstić information content (AvgIpc) is 3.08. The Morgan fingerprint density at radius 3 is 3.00 bits per heavy atom. The second-order valence-corrected chi connectivity index (χ2v) is 4.67. The molecule has 8 heteroatoms. The van der Waals surface area contributed by atoms with Crippen molar-refractivity contribution in [1.82, 2.24) is 20.0 Å². The van der Waals surface area contributed by atoms with Crippen molar-refractivity contribution in [2.45, 2.75) is 6.54 Å². The number of aromatic carboxylic acids is 1. The van der Waals surface area contributed by atoms with Crippen LogP contribution in [0.4, 0.5) is 0 Å². The summed E-state index contributed by atoms with van der Waals surface area (Å²) >= 11 is 5.92. The topological polar surface area (TPSA) is 94.0 Å². The van der Waals surface area contributed by atoms with Crippen molar-refractivity contribution in [3.05, 3.63) is 53.3 Å². The highest BCUT2D eigenvalue weighted by atomic mass is 35.5. The first-order valence-electron chi connectivity index (χ1n) is 5.96. The van der Waals surface area contributed by atoms with E-state index in [4.69, 9.17) is 21.1 Å². The zero-order chi connectivity index (χ0) is 14.8. The summed E-state index contributed by atoms with van der Waals surface area (Å²) in [5.41, 5.74) is 0.683. The van der Waals surface area contributed by atoms with Gasteiger partial charge in [-0.25, -0.2) is 14.5 Å². The second-order valence-electron chi connectivity index (χ2n) is 4.24. The molecule has 106 valence electrons. The number of nitrogens with zero attached hydrogens (tertiary/aromatic N) is 4. The van der Waals surface area contributed by atoms with Crippen LogP contribution in [0.15, 0.2) is 41.1 Å². The highest BCUT2D eigenvalue weighted by Crippen LogP contribution is 2.23. The average molecular weight is 305 g/mol. The van der Waals surface area contributed by atoms with Gasteiger partial charge in [-0.2, -0.15) is 0 Å². The summed E-state index contributed by atoms with van der Waals surface area (Å²) < 4.78 is 6.94. The molecular weight excluding hydrogens is 296 g/mol. The van der Waals surface area contributed by atoms with Crippen LogP contribution in [0.1, 0.15) is 16.4 Å². The lowest BCUT2D eigenvalue weighted by Crippen LogP contribution is -2.00. The van der Waals surface area contributed by atoms with Gasteiger partial charge < -0.3 is 9.52 Å². The predicted octanol–water partition coefficient (Wildman–Crippen LogP) is 2.33. The molecule has 0 atom stereocenters. The fourth-order valence-corrected chi connectivity index (χ4v) is 1.96. The summed E-state index contributed by atoms with van der Waals surface area (Å²) in [4.78, 5) is 14.8. The number of hydrogen-bond donors (Lipinski definition) is 1. The molecule has 0 unspecified atom stereocenters. The lowest BCUT2D eigenvalue weighted by Gasteiger charge is -1.97. The standard InChI is InChI=1S/C13H9ClN4O3/c14-9-3-1-2-8(4-9)11-5-15-12(21-11)7-18-6-10(13(19)20)16-17-18/h1-6H,7H2,(H,19,20). The Bertz CT molecular complexity index is 796. The monoisotopic (exact) mass is 304 g/mol. The zero-order valence-corrected chi connectivity index (χ0v) is 11.4. The third-order valence-corrected chi connectivity index (χ3v) is 2.95. The van der Waals surface area contributed by atoms with Crippen LogP contribution < -0.4 is 0 Å². The minimum atomic E-state index is -1.13. The van der Waals surface area contributed by atoms with Gasteiger partial charge in [0.1, 0.15) is 6.54 Å². The molecule has 0 bridgehead atoms. The number of halogens is 1. The van der Waals surface area contributed by atoms with Gasteiger partial charge in [0.2, 0.25) is 5.89 Å². The number of aromatic nitrogens is 4. The quantitative estimate of drug-likeness (QED) is 0.795. The summed E-state index contributed by atoms with van der Waals surface area (Å²) in [5, 5.41) is 16.6. The van der Waals surface area contributed by atoms with E-state index in [1.165, 1.54) is 10.9 Å². The summed E-state index contributed by atoms with van der Waals surface area (Å²) in [5.74, 6) is -0.161. The number of hydrogen-bond acceptors (Lipinski definition) is 5. The van der Waals surface area contributed by atoms with Gasteiger partial charge in [0.25, 0.3) is 0 Å². The number of carboxylic acid groups (broad SMARTS) is 1. The maximum Gasteiger partial charge on any atom is 0.358 e. The van der Waals surface area contributed by atoms with Gasteiger partial charge in [-0.15, -0.1) is 5.10 Å². The SMILES string of the molecule is O=C(O)c1cn(Cc2ncc(-c3cccc(Cl)c3)o2)nn1. The Kier molecular flexibility index (Phi) is 3.41. The van der Waals surface area contributed by atoms with Gasteiger partial charge >= 0.3 is 5.97 Å². The lowest BCUT2D eigenvalue weighted by atomic mass is 10.2. The number of benzene rings is 1. The lowest BCUT2D eigenvalue weighted by molar-refractivity contribution is 0.0690. The van der Waals surface area contributed by atoms with Crippen molar-refractivity contribution in [3.8, 4) is 11.3 Å². The third-order valence-electron chi connectivity index (χ3n) is 2.72. The summed E-state index contributed by atoms with van der Waals surface area (Å²) in [6.07, 6.45) is 2.89. The second kappa shape index (κ2) is 5.37. The van der Waals surface area contributed by atoms with E-state index in [2.05, 4.69) is 15.3 Å². The molecule has 0 aliphatic heterocycles. The Morgan fingerprint density at radius 1 is 1.43 bits per heavy atom. The van der Waals surface area contributed by atoms with Crippen LogP contribution in [-0.4, -0.2) is 31.1 Å². The maximum absolute atomic E-state index is 10.7. The summed E-state index contributed by atoms with van der Waals surface area (Å²) in [7, 11) is 0. The fraction of sp³-hybridized carbons (Fsp3) is 0.0769. The van der Waals surface area contributed by atoms with E-state index in [1.54, 1.807) is 18.3 Å². The van der Waals surface area contributed by atoms with Crippen molar-refractivity contribution in [2.75, 3.05) is 0 Å². The molecule has 0 saturated carbocycles. The number of carbonyl (C=O) groups is 1. The molecule has 3 rings (SSSR count). The number of oxazole rings is 1. The van der Waals surface area contributed by atoms with Crippen LogP contribution in [-0.2, 0) is 6.54 Å². The third kappa shape index (κ3) is 2.92. The number of carboxylic acids is 1. The first-order chi connectivity index (χ1) is 10.1. The molecule has 1 aromatic carbocycles. The molecule has 7 nitrogen and oxygen atoms in total. The Balaban J connectivity index is 1.80. The molecule has 2 heterocycles. The Hall–Kier alpha value is -2.67. The van der Waals surface area contributed by atoms with Gasteiger partial charge in [0, 0.05) is 10.6 Å². The van der Waals surface area contributed by atoms with Crippen LogP contribution in [0.25, 0.3) is 11.3 Å². The minimum Gasteiger partial charge on any atom is -0.476 e. The van der Waals surface area contributed by atoms with E-state index < -0.39 is 5.97 Å².